The van der Waals surface area contributed by atoms with Crippen molar-refractivity contribution in [1.29, 1.82) is 0 Å². The molecule has 0 saturated carbocycles. The van der Waals surface area contributed by atoms with E-state index in [1.54, 1.807) is 24.3 Å². The highest BCUT2D eigenvalue weighted by atomic mass is 32.2. The first kappa shape index (κ1) is 18.9. The number of hydrogen-bond donors (Lipinski definition) is 1. The Balaban J connectivity index is 2.24. The Hall–Kier alpha value is -2.85. The lowest BCUT2D eigenvalue weighted by atomic mass is 10.1. The summed E-state index contributed by atoms with van der Waals surface area (Å²) in [5.41, 5.74) is 0.243. The Morgan fingerprint density at radius 2 is 1.67 bits per heavy atom. The number of fused-ring (bicyclic) bond motifs is 1. The molecule has 3 aromatic rings. The average molecular weight is 409 g/mol. The van der Waals surface area contributed by atoms with E-state index in [0.717, 1.165) is 12.5 Å². The Kier molecular flexibility index (Phi) is 4.70. The second-order valence-electron chi connectivity index (χ2n) is 5.84. The zero-order valence-electron chi connectivity index (χ0n) is 14.3. The molecule has 2 aromatic carbocycles. The van der Waals surface area contributed by atoms with Gasteiger partial charge in [-0.15, -0.1) is 0 Å². The van der Waals surface area contributed by atoms with Crippen LogP contribution < -0.4 is 14.3 Å². The van der Waals surface area contributed by atoms with Crippen LogP contribution in [-0.2, 0) is 20.1 Å². The predicted octanol–water partition coefficient (Wildman–Crippen LogP) is 2.17. The van der Waals surface area contributed by atoms with Gasteiger partial charge in [-0.25, -0.2) is 8.42 Å². The van der Waals surface area contributed by atoms with Crippen molar-refractivity contribution in [3.63, 3.8) is 0 Å². The van der Waals surface area contributed by atoms with E-state index in [1.807, 2.05) is 0 Å². The summed E-state index contributed by atoms with van der Waals surface area (Å²) in [6, 6.07) is 11.7. The van der Waals surface area contributed by atoms with Gasteiger partial charge in [0.15, 0.2) is 5.43 Å². The van der Waals surface area contributed by atoms with E-state index < -0.39 is 20.1 Å². The van der Waals surface area contributed by atoms with Crippen molar-refractivity contribution < 1.29 is 25.4 Å². The number of sulfonamides is 1. The van der Waals surface area contributed by atoms with Gasteiger partial charge in [0.2, 0.25) is 10.0 Å². The van der Waals surface area contributed by atoms with Gasteiger partial charge < -0.3 is 8.60 Å². The first-order chi connectivity index (χ1) is 12.5. The molecule has 0 bridgehead atoms. The van der Waals surface area contributed by atoms with Gasteiger partial charge in [-0.2, -0.15) is 8.42 Å². The van der Waals surface area contributed by atoms with Crippen molar-refractivity contribution in [2.45, 2.75) is 0 Å². The SMILES string of the molecule is CS(=O)(=O)Nc1ccc(OS(C)(=O)=O)cc1-c1cc(=O)c2ccccc2o1. The molecular formula is C17H15NO7S2. The van der Waals surface area contributed by atoms with Crippen LogP contribution in [0.3, 0.4) is 0 Å². The molecule has 142 valence electrons. The first-order valence-corrected chi connectivity index (χ1v) is 11.3. The number of rotatable bonds is 5. The first-order valence-electron chi connectivity index (χ1n) is 7.56. The van der Waals surface area contributed by atoms with Crippen LogP contribution in [0.25, 0.3) is 22.3 Å². The van der Waals surface area contributed by atoms with Gasteiger partial charge in [0, 0.05) is 11.6 Å². The van der Waals surface area contributed by atoms with Crippen LogP contribution in [0.4, 0.5) is 5.69 Å². The maximum Gasteiger partial charge on any atom is 0.306 e. The van der Waals surface area contributed by atoms with E-state index in [0.29, 0.717) is 11.0 Å². The number of para-hydroxylation sites is 1. The maximum absolute atomic E-state index is 12.4. The predicted molar refractivity (Wildman–Crippen MR) is 102 cm³/mol. The Bertz CT molecular complexity index is 1290. The normalized spacial score (nSPS) is 12.1. The second-order valence-corrected chi connectivity index (χ2v) is 9.16. The van der Waals surface area contributed by atoms with Crippen LogP contribution in [0.15, 0.2) is 57.7 Å². The minimum Gasteiger partial charge on any atom is -0.456 e. The third-order valence-electron chi connectivity index (χ3n) is 3.43. The molecule has 0 amide bonds. The summed E-state index contributed by atoms with van der Waals surface area (Å²) in [5, 5.41) is 0.363. The summed E-state index contributed by atoms with van der Waals surface area (Å²) in [7, 11) is -7.44. The van der Waals surface area contributed by atoms with Gasteiger partial charge in [-0.3, -0.25) is 9.52 Å². The van der Waals surface area contributed by atoms with Gasteiger partial charge in [-0.1, -0.05) is 12.1 Å². The molecule has 10 heteroatoms. The Morgan fingerprint density at radius 1 is 0.963 bits per heavy atom. The molecule has 0 aliphatic rings. The van der Waals surface area contributed by atoms with Gasteiger partial charge >= 0.3 is 10.1 Å². The Morgan fingerprint density at radius 3 is 2.33 bits per heavy atom. The van der Waals surface area contributed by atoms with Gasteiger partial charge in [0.05, 0.1) is 23.6 Å². The summed E-state index contributed by atoms with van der Waals surface area (Å²) in [6.07, 6.45) is 1.85. The smallest absolute Gasteiger partial charge is 0.306 e. The largest absolute Gasteiger partial charge is 0.456 e. The van der Waals surface area contributed by atoms with Crippen LogP contribution in [0.5, 0.6) is 5.75 Å². The van der Waals surface area contributed by atoms with Crippen LogP contribution in [0, 0.1) is 0 Å². The molecule has 0 aliphatic carbocycles. The molecule has 0 aliphatic heterocycles. The fourth-order valence-corrected chi connectivity index (χ4v) is 3.51. The zero-order chi connectivity index (χ0) is 19.8. The lowest BCUT2D eigenvalue weighted by molar-refractivity contribution is 0.493. The summed E-state index contributed by atoms with van der Waals surface area (Å²) in [6.45, 7) is 0. The number of benzene rings is 2. The van der Waals surface area contributed by atoms with Crippen LogP contribution in [-0.4, -0.2) is 29.3 Å². The average Bonchev–Trinajstić information content (AvgIpc) is 2.53. The molecule has 0 fully saturated rings. The van der Waals surface area contributed by atoms with Crippen LogP contribution >= 0.6 is 0 Å². The van der Waals surface area contributed by atoms with E-state index in [1.165, 1.54) is 24.3 Å². The standard InChI is InChI=1S/C17H15NO7S2/c1-26(20,21)18-14-8-7-11(25-27(2,22)23)9-13(14)17-10-15(19)12-5-3-4-6-16(12)24-17/h3-10,18H,1-2H3. The molecule has 0 saturated heterocycles. The van der Waals surface area contributed by atoms with E-state index >= 15 is 0 Å². The van der Waals surface area contributed by atoms with E-state index in [9.17, 15) is 21.6 Å². The molecule has 3 rings (SSSR count). The summed E-state index contributed by atoms with van der Waals surface area (Å²) >= 11 is 0. The highest BCUT2D eigenvalue weighted by Gasteiger charge is 2.16. The van der Waals surface area contributed by atoms with E-state index in [4.69, 9.17) is 8.60 Å². The molecule has 1 aromatic heterocycles. The highest BCUT2D eigenvalue weighted by Crippen LogP contribution is 2.33. The molecule has 8 nitrogen and oxygen atoms in total. The molecule has 0 radical (unpaired) electrons. The van der Waals surface area contributed by atoms with Gasteiger partial charge in [0.1, 0.15) is 17.1 Å². The molecule has 1 N–H and O–H groups in total. The number of hydrogen-bond acceptors (Lipinski definition) is 7. The topological polar surface area (TPSA) is 120 Å². The lowest BCUT2D eigenvalue weighted by Gasteiger charge is -2.12. The van der Waals surface area contributed by atoms with Crippen molar-refractivity contribution in [2.24, 2.45) is 0 Å². The third kappa shape index (κ3) is 4.66. The minimum absolute atomic E-state index is 0.0534. The number of anilines is 1. The van der Waals surface area contributed by atoms with Crippen molar-refractivity contribution in [3.05, 3.63) is 58.8 Å². The summed E-state index contributed by atoms with van der Waals surface area (Å²) < 4.78 is 58.9. The van der Waals surface area contributed by atoms with Gasteiger partial charge in [-0.05, 0) is 30.3 Å². The molecule has 27 heavy (non-hydrogen) atoms. The number of nitrogens with one attached hydrogen (secondary N) is 1. The van der Waals surface area contributed by atoms with Crippen molar-refractivity contribution in [3.8, 4) is 17.1 Å². The fraction of sp³-hybridized carbons (Fsp3) is 0.118. The van der Waals surface area contributed by atoms with E-state index in [2.05, 4.69) is 4.72 Å². The van der Waals surface area contributed by atoms with Gasteiger partial charge in [0.25, 0.3) is 0 Å². The quantitative estimate of drug-likeness (QED) is 0.641. The minimum atomic E-state index is -3.80. The third-order valence-corrected chi connectivity index (χ3v) is 4.52. The van der Waals surface area contributed by atoms with Crippen molar-refractivity contribution in [1.82, 2.24) is 0 Å². The summed E-state index contributed by atoms with van der Waals surface area (Å²) in [4.78, 5) is 12.4. The van der Waals surface area contributed by atoms with E-state index in [-0.39, 0.29) is 28.2 Å². The monoisotopic (exact) mass is 409 g/mol. The Labute approximate surface area is 155 Å². The maximum atomic E-state index is 12.4. The van der Waals surface area contributed by atoms with Crippen molar-refractivity contribution >= 4 is 36.8 Å². The molecule has 0 spiro atoms. The lowest BCUT2D eigenvalue weighted by Crippen LogP contribution is -2.11. The molecular weight excluding hydrogens is 394 g/mol. The molecule has 1 heterocycles. The zero-order valence-corrected chi connectivity index (χ0v) is 15.9. The highest BCUT2D eigenvalue weighted by molar-refractivity contribution is 7.92. The summed E-state index contributed by atoms with van der Waals surface area (Å²) in [5.74, 6) is 0.00570. The second kappa shape index (κ2) is 6.71. The molecule has 0 unspecified atom stereocenters. The van der Waals surface area contributed by atoms with Crippen LogP contribution in [0.2, 0.25) is 0 Å². The van der Waals surface area contributed by atoms with Crippen LogP contribution in [0.1, 0.15) is 0 Å². The fourth-order valence-electron chi connectivity index (χ4n) is 2.48. The molecule has 0 atom stereocenters. The van der Waals surface area contributed by atoms with Crippen molar-refractivity contribution in [2.75, 3.05) is 17.2 Å².